The molecule has 3 rings (SSSR count). The highest BCUT2D eigenvalue weighted by molar-refractivity contribution is 5.97. The number of ether oxygens (including phenoxy) is 1. The van der Waals surface area contributed by atoms with Crippen LogP contribution in [-0.2, 0) is 4.74 Å². The van der Waals surface area contributed by atoms with Gasteiger partial charge >= 0.3 is 6.09 Å². The molecule has 1 aromatic heterocycles. The molecule has 1 amide bonds. The Bertz CT molecular complexity index is 777. The average Bonchev–Trinajstić information content (AvgIpc) is 2.61. The number of nitrogens with zero attached hydrogens (tertiary/aromatic N) is 2. The molecule has 1 aliphatic heterocycles. The number of amides is 1. The smallest absolute Gasteiger partial charge is 0.407 e. The van der Waals surface area contributed by atoms with E-state index in [1.54, 1.807) is 6.20 Å². The SMILES string of the molecule is CC(C)C(C)OC(=O)NC1CCCN(c2c(N)cnc3ccccc23)C1. The molecule has 2 heterocycles. The zero-order chi connectivity index (χ0) is 18.7. The number of nitrogens with two attached hydrogens (primary N) is 1. The number of hydrogen-bond donors (Lipinski definition) is 2. The molecule has 1 aromatic carbocycles. The molecule has 0 aliphatic carbocycles. The number of benzene rings is 1. The van der Waals surface area contributed by atoms with Gasteiger partial charge in [-0.15, -0.1) is 0 Å². The van der Waals surface area contributed by atoms with Gasteiger partial charge in [-0.3, -0.25) is 4.98 Å². The Morgan fingerprint density at radius 1 is 1.35 bits per heavy atom. The monoisotopic (exact) mass is 356 g/mol. The lowest BCUT2D eigenvalue weighted by Crippen LogP contribution is -2.48. The zero-order valence-electron chi connectivity index (χ0n) is 15.7. The van der Waals surface area contributed by atoms with E-state index in [0.29, 0.717) is 18.2 Å². The molecule has 6 nitrogen and oxygen atoms in total. The van der Waals surface area contributed by atoms with Crippen LogP contribution < -0.4 is 16.0 Å². The van der Waals surface area contributed by atoms with Crippen LogP contribution in [0.15, 0.2) is 30.5 Å². The van der Waals surface area contributed by atoms with Gasteiger partial charge in [-0.25, -0.2) is 4.79 Å². The summed E-state index contributed by atoms with van der Waals surface area (Å²) < 4.78 is 5.45. The Labute approximate surface area is 154 Å². The van der Waals surface area contributed by atoms with Crippen molar-refractivity contribution in [2.45, 2.75) is 45.8 Å². The van der Waals surface area contributed by atoms with Crippen molar-refractivity contribution in [1.82, 2.24) is 10.3 Å². The fourth-order valence-corrected chi connectivity index (χ4v) is 3.30. The first-order chi connectivity index (χ1) is 12.5. The Hall–Kier alpha value is -2.50. The second-order valence-electron chi connectivity index (χ2n) is 7.36. The van der Waals surface area contributed by atoms with Crippen LogP contribution in [-0.4, -0.2) is 36.3 Å². The third-order valence-corrected chi connectivity index (χ3v) is 5.07. The maximum absolute atomic E-state index is 12.2. The number of aromatic nitrogens is 1. The Morgan fingerprint density at radius 3 is 2.88 bits per heavy atom. The highest BCUT2D eigenvalue weighted by atomic mass is 16.6. The molecule has 0 radical (unpaired) electrons. The Morgan fingerprint density at radius 2 is 2.12 bits per heavy atom. The summed E-state index contributed by atoms with van der Waals surface area (Å²) in [4.78, 5) is 18.8. The van der Waals surface area contributed by atoms with Crippen molar-refractivity contribution in [1.29, 1.82) is 0 Å². The van der Waals surface area contributed by atoms with Gasteiger partial charge in [0.15, 0.2) is 0 Å². The van der Waals surface area contributed by atoms with Crippen LogP contribution in [0.5, 0.6) is 0 Å². The summed E-state index contributed by atoms with van der Waals surface area (Å²) >= 11 is 0. The largest absolute Gasteiger partial charge is 0.446 e. The van der Waals surface area contributed by atoms with E-state index in [2.05, 4.69) is 15.2 Å². The number of anilines is 2. The van der Waals surface area contributed by atoms with Gasteiger partial charge in [-0.2, -0.15) is 0 Å². The Kier molecular flexibility index (Phi) is 5.49. The normalized spacial score (nSPS) is 18.8. The number of piperidine rings is 1. The van der Waals surface area contributed by atoms with Crippen LogP contribution in [0.25, 0.3) is 10.9 Å². The zero-order valence-corrected chi connectivity index (χ0v) is 15.7. The van der Waals surface area contributed by atoms with Crippen LogP contribution in [0, 0.1) is 5.92 Å². The first kappa shape index (κ1) is 18.3. The molecule has 1 saturated heterocycles. The summed E-state index contributed by atoms with van der Waals surface area (Å²) in [6.07, 6.45) is 3.19. The first-order valence-electron chi connectivity index (χ1n) is 9.31. The van der Waals surface area contributed by atoms with E-state index >= 15 is 0 Å². The molecule has 2 aromatic rings. The van der Waals surface area contributed by atoms with E-state index in [1.165, 1.54) is 0 Å². The van der Waals surface area contributed by atoms with Crippen molar-refractivity contribution in [3.8, 4) is 0 Å². The van der Waals surface area contributed by atoms with E-state index in [1.807, 2.05) is 45.0 Å². The predicted octanol–water partition coefficient (Wildman–Crippen LogP) is 3.56. The number of pyridine rings is 1. The molecular formula is C20H28N4O2. The molecule has 1 aliphatic rings. The van der Waals surface area contributed by atoms with Gasteiger partial charge in [0.05, 0.1) is 23.1 Å². The molecule has 2 unspecified atom stereocenters. The van der Waals surface area contributed by atoms with Crippen LogP contribution in [0.4, 0.5) is 16.2 Å². The third kappa shape index (κ3) is 4.00. The van der Waals surface area contributed by atoms with E-state index in [-0.39, 0.29) is 18.2 Å². The van der Waals surface area contributed by atoms with E-state index in [0.717, 1.165) is 36.0 Å². The molecule has 1 fully saturated rings. The standard InChI is InChI=1S/C20H28N4O2/c1-13(2)14(3)26-20(25)23-15-7-6-10-24(12-15)19-16-8-4-5-9-18(16)22-11-17(19)21/h4-5,8-9,11,13-15H,6-7,10,12,21H2,1-3H3,(H,23,25). The summed E-state index contributed by atoms with van der Waals surface area (Å²) in [5, 5.41) is 4.06. The van der Waals surface area contributed by atoms with Gasteiger partial charge in [0.1, 0.15) is 6.10 Å². The predicted molar refractivity (Wildman–Crippen MR) is 105 cm³/mol. The first-order valence-corrected chi connectivity index (χ1v) is 9.31. The van der Waals surface area contributed by atoms with Crippen molar-refractivity contribution >= 4 is 28.4 Å². The van der Waals surface area contributed by atoms with E-state index in [4.69, 9.17) is 10.5 Å². The lowest BCUT2D eigenvalue weighted by molar-refractivity contribution is 0.0789. The van der Waals surface area contributed by atoms with Crippen LogP contribution in [0.3, 0.4) is 0 Å². The molecule has 3 N–H and O–H groups in total. The summed E-state index contributed by atoms with van der Waals surface area (Å²) in [5.41, 5.74) is 8.85. The summed E-state index contributed by atoms with van der Waals surface area (Å²) in [7, 11) is 0. The fourth-order valence-electron chi connectivity index (χ4n) is 3.30. The topological polar surface area (TPSA) is 80.5 Å². The average molecular weight is 356 g/mol. The number of nitrogen functional groups attached to an aromatic ring is 1. The Balaban J connectivity index is 1.73. The van der Waals surface area contributed by atoms with Crippen molar-refractivity contribution in [3.05, 3.63) is 30.5 Å². The molecule has 0 saturated carbocycles. The molecule has 2 atom stereocenters. The van der Waals surface area contributed by atoms with Gasteiger partial charge in [0.25, 0.3) is 0 Å². The number of hydrogen-bond acceptors (Lipinski definition) is 5. The minimum atomic E-state index is -0.342. The molecule has 26 heavy (non-hydrogen) atoms. The minimum Gasteiger partial charge on any atom is -0.446 e. The van der Waals surface area contributed by atoms with Crippen LogP contribution >= 0.6 is 0 Å². The maximum Gasteiger partial charge on any atom is 0.407 e. The number of rotatable bonds is 4. The second kappa shape index (κ2) is 7.81. The highest BCUT2D eigenvalue weighted by Crippen LogP contribution is 2.33. The van der Waals surface area contributed by atoms with Gasteiger partial charge < -0.3 is 20.7 Å². The second-order valence-corrected chi connectivity index (χ2v) is 7.36. The van der Waals surface area contributed by atoms with Gasteiger partial charge in [0, 0.05) is 24.5 Å². The van der Waals surface area contributed by atoms with Crippen molar-refractivity contribution in [2.24, 2.45) is 5.92 Å². The van der Waals surface area contributed by atoms with Crippen molar-refractivity contribution < 1.29 is 9.53 Å². The minimum absolute atomic E-state index is 0.0435. The van der Waals surface area contributed by atoms with Crippen LogP contribution in [0.1, 0.15) is 33.6 Å². The number of carbonyl (C=O) groups is 1. The number of fused-ring (bicyclic) bond motifs is 1. The number of carbonyl (C=O) groups excluding carboxylic acids is 1. The maximum atomic E-state index is 12.2. The molecule has 0 spiro atoms. The van der Waals surface area contributed by atoms with Gasteiger partial charge in [0.2, 0.25) is 0 Å². The van der Waals surface area contributed by atoms with Crippen LogP contribution in [0.2, 0.25) is 0 Å². The lowest BCUT2D eigenvalue weighted by Gasteiger charge is -2.36. The highest BCUT2D eigenvalue weighted by Gasteiger charge is 2.25. The molecular weight excluding hydrogens is 328 g/mol. The quantitative estimate of drug-likeness (QED) is 0.875. The number of nitrogens with one attached hydrogen (secondary N) is 1. The van der Waals surface area contributed by atoms with Gasteiger partial charge in [-0.05, 0) is 31.7 Å². The van der Waals surface area contributed by atoms with Gasteiger partial charge in [-0.1, -0.05) is 32.0 Å². The summed E-state index contributed by atoms with van der Waals surface area (Å²) in [6, 6.07) is 8.05. The molecule has 0 bridgehead atoms. The lowest BCUT2D eigenvalue weighted by atomic mass is 10.0. The number of para-hydroxylation sites is 1. The molecule has 140 valence electrons. The van der Waals surface area contributed by atoms with E-state index in [9.17, 15) is 4.79 Å². The fraction of sp³-hybridized carbons (Fsp3) is 0.500. The summed E-state index contributed by atoms with van der Waals surface area (Å²) in [5.74, 6) is 0.298. The third-order valence-electron chi connectivity index (χ3n) is 5.07. The van der Waals surface area contributed by atoms with E-state index < -0.39 is 0 Å². The molecule has 6 heteroatoms. The van der Waals surface area contributed by atoms with Crippen molar-refractivity contribution in [2.75, 3.05) is 23.7 Å². The number of alkyl carbamates (subject to hydrolysis) is 1. The summed E-state index contributed by atoms with van der Waals surface area (Å²) in [6.45, 7) is 7.62. The van der Waals surface area contributed by atoms with Crippen molar-refractivity contribution in [3.63, 3.8) is 0 Å².